The van der Waals surface area contributed by atoms with Crippen LogP contribution in [0, 0.1) is 11.3 Å². The summed E-state index contributed by atoms with van der Waals surface area (Å²) in [6, 6.07) is 5.27. The van der Waals surface area contributed by atoms with E-state index in [9.17, 15) is 8.78 Å². The summed E-state index contributed by atoms with van der Waals surface area (Å²) >= 11 is 0. The van der Waals surface area contributed by atoms with E-state index in [0.717, 1.165) is 18.2 Å². The monoisotopic (exact) mass is 197 g/mol. The van der Waals surface area contributed by atoms with Crippen molar-refractivity contribution in [3.8, 4) is 6.07 Å². The summed E-state index contributed by atoms with van der Waals surface area (Å²) in [7, 11) is -1.82. The number of rotatable bonds is 2. The molecule has 1 aromatic rings. The van der Waals surface area contributed by atoms with Gasteiger partial charge in [0.2, 0.25) is 0 Å². The van der Waals surface area contributed by atoms with Crippen molar-refractivity contribution < 1.29 is 18.8 Å². The third-order valence-electron chi connectivity index (χ3n) is 1.69. The highest BCUT2D eigenvalue weighted by molar-refractivity contribution is 6.58. The highest BCUT2D eigenvalue weighted by Gasteiger charge is 2.31. The first-order valence-electron chi connectivity index (χ1n) is 3.73. The minimum absolute atomic E-state index is 0.0718. The summed E-state index contributed by atoms with van der Waals surface area (Å²) in [6.07, 6.45) is 0. The number of alkyl halides is 2. The van der Waals surface area contributed by atoms with Gasteiger partial charge in [0.15, 0.2) is 0 Å². The fourth-order valence-corrected chi connectivity index (χ4v) is 0.959. The zero-order chi connectivity index (χ0) is 10.8. The summed E-state index contributed by atoms with van der Waals surface area (Å²) in [6.45, 7) is 0. The van der Waals surface area contributed by atoms with E-state index in [2.05, 4.69) is 0 Å². The van der Waals surface area contributed by atoms with Gasteiger partial charge in [0.25, 0.3) is 0 Å². The Labute approximate surface area is 79.4 Å². The highest BCUT2D eigenvalue weighted by atomic mass is 19.3. The molecule has 1 aromatic carbocycles. The molecule has 0 heterocycles. The van der Waals surface area contributed by atoms with Gasteiger partial charge in [0.1, 0.15) is 6.07 Å². The fraction of sp³-hybridized carbons (Fsp3) is 0.125. The molecule has 2 N–H and O–H groups in total. The van der Waals surface area contributed by atoms with Crippen LogP contribution in [0.2, 0.25) is 0 Å². The molecule has 0 unspecified atom stereocenters. The minimum atomic E-state index is -3.61. The van der Waals surface area contributed by atoms with Gasteiger partial charge in [-0.05, 0) is 5.46 Å². The van der Waals surface area contributed by atoms with E-state index in [0.29, 0.717) is 0 Å². The van der Waals surface area contributed by atoms with Crippen molar-refractivity contribution in [3.05, 3.63) is 29.8 Å². The van der Waals surface area contributed by atoms with Crippen LogP contribution < -0.4 is 5.46 Å². The fourth-order valence-electron chi connectivity index (χ4n) is 0.959. The Morgan fingerprint density at radius 1 is 1.36 bits per heavy atom. The van der Waals surface area contributed by atoms with Gasteiger partial charge >= 0.3 is 13.0 Å². The van der Waals surface area contributed by atoms with Crippen LogP contribution in [0.3, 0.4) is 0 Å². The summed E-state index contributed by atoms with van der Waals surface area (Å²) in [5.74, 6) is -3.61. The van der Waals surface area contributed by atoms with Gasteiger partial charge < -0.3 is 10.0 Å². The third-order valence-corrected chi connectivity index (χ3v) is 1.69. The molecule has 0 atom stereocenters. The zero-order valence-corrected chi connectivity index (χ0v) is 6.98. The van der Waals surface area contributed by atoms with E-state index in [4.69, 9.17) is 15.3 Å². The number of hydrogen-bond donors (Lipinski definition) is 2. The molecule has 0 saturated carbocycles. The molecule has 0 spiro atoms. The van der Waals surface area contributed by atoms with Gasteiger partial charge in [-0.1, -0.05) is 24.3 Å². The van der Waals surface area contributed by atoms with Crippen LogP contribution in [0.1, 0.15) is 5.56 Å². The second-order valence-electron chi connectivity index (χ2n) is 2.69. The topological polar surface area (TPSA) is 64.2 Å². The highest BCUT2D eigenvalue weighted by Crippen LogP contribution is 2.25. The predicted octanol–water partition coefficient (Wildman–Crippen LogP) is -0.0182. The van der Waals surface area contributed by atoms with Crippen LogP contribution >= 0.6 is 0 Å². The number of halogens is 2. The molecular weight excluding hydrogens is 191 g/mol. The lowest BCUT2D eigenvalue weighted by Gasteiger charge is -2.08. The lowest BCUT2D eigenvalue weighted by Crippen LogP contribution is -2.30. The first-order valence-corrected chi connectivity index (χ1v) is 3.73. The maximum Gasteiger partial charge on any atom is 0.488 e. The Hall–Kier alpha value is -1.45. The summed E-state index contributed by atoms with van der Waals surface area (Å²) in [4.78, 5) is 0. The average molecular weight is 197 g/mol. The van der Waals surface area contributed by atoms with Gasteiger partial charge in [-0.25, -0.2) is 0 Å². The molecule has 72 valence electrons. The summed E-state index contributed by atoms with van der Waals surface area (Å²) in [5.41, 5.74) is -0.622. The van der Waals surface area contributed by atoms with E-state index >= 15 is 0 Å². The Morgan fingerprint density at radius 3 is 2.50 bits per heavy atom. The Kier molecular flexibility index (Phi) is 2.84. The number of hydrogen-bond acceptors (Lipinski definition) is 3. The molecule has 6 heteroatoms. The molecule has 0 aliphatic carbocycles. The van der Waals surface area contributed by atoms with Crippen LogP contribution in [0.5, 0.6) is 0 Å². The third kappa shape index (κ3) is 2.07. The summed E-state index contributed by atoms with van der Waals surface area (Å²) < 4.78 is 25.6. The molecule has 0 aliphatic rings. The molecule has 0 aliphatic heterocycles. The zero-order valence-electron chi connectivity index (χ0n) is 6.98. The SMILES string of the molecule is N#CC(F)(F)c1cccc(B(O)O)c1. The summed E-state index contributed by atoms with van der Waals surface area (Å²) in [5, 5.41) is 25.6. The van der Waals surface area contributed by atoms with Gasteiger partial charge in [0.05, 0.1) is 0 Å². The lowest BCUT2D eigenvalue weighted by atomic mass is 9.79. The Balaban J connectivity index is 3.14. The van der Waals surface area contributed by atoms with E-state index in [-0.39, 0.29) is 5.46 Å². The lowest BCUT2D eigenvalue weighted by molar-refractivity contribution is 0.0614. The van der Waals surface area contributed by atoms with Gasteiger partial charge in [-0.3, -0.25) is 0 Å². The van der Waals surface area contributed by atoms with E-state index in [1.807, 2.05) is 0 Å². The molecule has 3 nitrogen and oxygen atoms in total. The van der Waals surface area contributed by atoms with E-state index < -0.39 is 18.6 Å². The smallest absolute Gasteiger partial charge is 0.423 e. The maximum atomic E-state index is 12.8. The van der Waals surface area contributed by atoms with E-state index in [1.165, 1.54) is 12.1 Å². The van der Waals surface area contributed by atoms with Crippen LogP contribution in [0.4, 0.5) is 8.78 Å². The number of nitrogens with zero attached hydrogens (tertiary/aromatic N) is 1. The van der Waals surface area contributed by atoms with Crippen molar-refractivity contribution in [2.75, 3.05) is 0 Å². The second kappa shape index (κ2) is 3.74. The Morgan fingerprint density at radius 2 is 2.00 bits per heavy atom. The Bertz CT molecular complexity index is 376. The van der Waals surface area contributed by atoms with Crippen molar-refractivity contribution in [1.29, 1.82) is 5.26 Å². The van der Waals surface area contributed by atoms with Crippen LogP contribution in [0.15, 0.2) is 24.3 Å². The van der Waals surface area contributed by atoms with Gasteiger partial charge in [-0.15, -0.1) is 0 Å². The molecule has 0 radical (unpaired) electrons. The van der Waals surface area contributed by atoms with Crippen LogP contribution in [-0.4, -0.2) is 17.2 Å². The molecule has 0 fully saturated rings. The molecule has 1 rings (SSSR count). The van der Waals surface area contributed by atoms with Gasteiger partial charge in [-0.2, -0.15) is 14.0 Å². The van der Waals surface area contributed by atoms with E-state index in [1.54, 1.807) is 0 Å². The number of nitriles is 1. The molecule has 0 bridgehead atoms. The van der Waals surface area contributed by atoms with Gasteiger partial charge in [0, 0.05) is 5.56 Å². The second-order valence-corrected chi connectivity index (χ2v) is 2.69. The molecule has 0 amide bonds. The molecule has 0 aromatic heterocycles. The first kappa shape index (κ1) is 10.6. The average Bonchev–Trinajstić information content (AvgIpc) is 2.18. The number of benzene rings is 1. The quantitative estimate of drug-likeness (QED) is 0.654. The largest absolute Gasteiger partial charge is 0.488 e. The van der Waals surface area contributed by atoms with Crippen molar-refractivity contribution in [1.82, 2.24) is 0 Å². The minimum Gasteiger partial charge on any atom is -0.423 e. The van der Waals surface area contributed by atoms with Crippen LogP contribution in [0.25, 0.3) is 0 Å². The van der Waals surface area contributed by atoms with Crippen molar-refractivity contribution in [2.45, 2.75) is 5.92 Å². The standard InChI is InChI=1S/C8H6BF2NO2/c10-8(11,5-12)6-2-1-3-7(4-6)9(13)14/h1-4,13-14H. The molecule has 0 saturated heterocycles. The maximum absolute atomic E-state index is 12.8. The predicted molar refractivity (Wildman–Crippen MR) is 45.8 cm³/mol. The normalized spacial score (nSPS) is 10.8. The first-order chi connectivity index (χ1) is 6.47. The molecular formula is C8H6BF2NO2. The van der Waals surface area contributed by atoms with Crippen molar-refractivity contribution in [3.63, 3.8) is 0 Å². The van der Waals surface area contributed by atoms with Crippen molar-refractivity contribution >= 4 is 12.6 Å². The van der Waals surface area contributed by atoms with Crippen molar-refractivity contribution in [2.24, 2.45) is 0 Å². The molecule has 14 heavy (non-hydrogen) atoms. The van der Waals surface area contributed by atoms with Crippen LogP contribution in [-0.2, 0) is 5.92 Å².